The molecule has 0 fully saturated rings. The van der Waals surface area contributed by atoms with Crippen molar-refractivity contribution < 1.29 is 4.79 Å². The highest BCUT2D eigenvalue weighted by Crippen LogP contribution is 2.31. The minimum Gasteiger partial charge on any atom is -0.321 e. The van der Waals surface area contributed by atoms with E-state index in [1.165, 1.54) is 0 Å². The van der Waals surface area contributed by atoms with Gasteiger partial charge in [-0.25, -0.2) is 9.67 Å². The monoisotopic (exact) mass is 404 g/mol. The van der Waals surface area contributed by atoms with Gasteiger partial charge in [0.1, 0.15) is 0 Å². The van der Waals surface area contributed by atoms with Crippen LogP contribution in [0.1, 0.15) is 48.2 Å². The van der Waals surface area contributed by atoms with Gasteiger partial charge in [-0.3, -0.25) is 4.79 Å². The number of carbonyl (C=O) groups is 1. The SMILES string of the molecule is CCn1ncc2c(C(=O)Nc3c(C)cccc3C(C)C)cc(-c3cccs3)nc21. The summed E-state index contributed by atoms with van der Waals surface area (Å²) in [6.45, 7) is 9.01. The number of rotatable bonds is 5. The second kappa shape index (κ2) is 7.79. The topological polar surface area (TPSA) is 59.8 Å². The number of anilines is 1. The van der Waals surface area contributed by atoms with Crippen LogP contribution < -0.4 is 5.32 Å². The van der Waals surface area contributed by atoms with Crippen LogP contribution in [0.25, 0.3) is 21.6 Å². The van der Waals surface area contributed by atoms with Crippen molar-refractivity contribution in [2.45, 2.75) is 40.2 Å². The molecular formula is C23H24N4OS. The molecule has 1 N–H and O–H groups in total. The Morgan fingerprint density at radius 2 is 2.07 bits per heavy atom. The van der Waals surface area contributed by atoms with Crippen LogP contribution in [0.4, 0.5) is 5.69 Å². The number of fused-ring (bicyclic) bond motifs is 1. The van der Waals surface area contributed by atoms with Crippen LogP contribution >= 0.6 is 11.3 Å². The average molecular weight is 405 g/mol. The molecule has 0 saturated heterocycles. The van der Waals surface area contributed by atoms with Gasteiger partial charge < -0.3 is 5.32 Å². The molecule has 4 aromatic rings. The molecule has 1 amide bonds. The Hall–Kier alpha value is -2.99. The van der Waals surface area contributed by atoms with Gasteiger partial charge >= 0.3 is 0 Å². The zero-order valence-corrected chi connectivity index (χ0v) is 17.9. The number of pyridine rings is 1. The van der Waals surface area contributed by atoms with E-state index < -0.39 is 0 Å². The lowest BCUT2D eigenvalue weighted by Gasteiger charge is -2.17. The van der Waals surface area contributed by atoms with Crippen molar-refractivity contribution in [3.05, 3.63) is 64.7 Å². The van der Waals surface area contributed by atoms with Crippen LogP contribution in [0.15, 0.2) is 48.0 Å². The minimum atomic E-state index is -0.137. The number of para-hydroxylation sites is 1. The number of aromatic nitrogens is 3. The van der Waals surface area contributed by atoms with Gasteiger partial charge in [0.05, 0.1) is 27.7 Å². The summed E-state index contributed by atoms with van der Waals surface area (Å²) < 4.78 is 1.83. The summed E-state index contributed by atoms with van der Waals surface area (Å²) in [5.41, 5.74) is 5.19. The van der Waals surface area contributed by atoms with Crippen LogP contribution in [0.5, 0.6) is 0 Å². The summed E-state index contributed by atoms with van der Waals surface area (Å²) in [6, 6.07) is 12.0. The predicted molar refractivity (Wildman–Crippen MR) is 120 cm³/mol. The van der Waals surface area contributed by atoms with Gasteiger partial charge in [-0.2, -0.15) is 5.10 Å². The van der Waals surface area contributed by atoms with E-state index in [2.05, 4.69) is 30.3 Å². The van der Waals surface area contributed by atoms with Crippen LogP contribution in [0.2, 0.25) is 0 Å². The summed E-state index contributed by atoms with van der Waals surface area (Å²) in [6.07, 6.45) is 1.74. The molecule has 0 aliphatic rings. The molecule has 0 unspecified atom stereocenters. The Balaban J connectivity index is 1.84. The zero-order chi connectivity index (χ0) is 20.5. The van der Waals surface area contributed by atoms with Gasteiger partial charge in [0.2, 0.25) is 0 Å². The van der Waals surface area contributed by atoms with E-state index in [1.54, 1.807) is 17.5 Å². The normalized spacial score (nSPS) is 11.3. The van der Waals surface area contributed by atoms with E-state index in [1.807, 2.05) is 54.2 Å². The number of amides is 1. The third-order valence-corrected chi connectivity index (χ3v) is 5.98. The van der Waals surface area contributed by atoms with Crippen molar-refractivity contribution in [2.75, 3.05) is 5.32 Å². The molecule has 0 aliphatic heterocycles. The molecule has 0 bridgehead atoms. The molecule has 3 heterocycles. The molecule has 0 saturated carbocycles. The van der Waals surface area contributed by atoms with E-state index in [9.17, 15) is 4.79 Å². The van der Waals surface area contributed by atoms with Crippen molar-refractivity contribution in [1.29, 1.82) is 0 Å². The van der Waals surface area contributed by atoms with Crippen molar-refractivity contribution >= 4 is 34.0 Å². The van der Waals surface area contributed by atoms with Gasteiger partial charge in [-0.15, -0.1) is 11.3 Å². The summed E-state index contributed by atoms with van der Waals surface area (Å²) >= 11 is 1.61. The van der Waals surface area contributed by atoms with Crippen LogP contribution in [0, 0.1) is 6.92 Å². The van der Waals surface area contributed by atoms with Crippen LogP contribution in [0.3, 0.4) is 0 Å². The molecule has 0 aliphatic carbocycles. The van der Waals surface area contributed by atoms with E-state index >= 15 is 0 Å². The molecule has 6 heteroatoms. The second-order valence-electron chi connectivity index (χ2n) is 7.38. The predicted octanol–water partition coefficient (Wildman–Crippen LogP) is 5.86. The fourth-order valence-electron chi connectivity index (χ4n) is 3.54. The summed E-state index contributed by atoms with van der Waals surface area (Å²) in [5, 5.41) is 10.4. The molecule has 0 radical (unpaired) electrons. The second-order valence-corrected chi connectivity index (χ2v) is 8.33. The highest BCUT2D eigenvalue weighted by molar-refractivity contribution is 7.13. The number of aryl methyl sites for hydroxylation is 2. The minimum absolute atomic E-state index is 0.137. The number of nitrogens with zero attached hydrogens (tertiary/aromatic N) is 3. The standard InChI is InChI=1S/C23H24N4OS/c1-5-27-22-18(13-24-27)17(12-19(25-22)20-10-7-11-29-20)23(28)26-21-15(4)8-6-9-16(21)14(2)3/h6-14H,5H2,1-4H3,(H,26,28). The molecule has 148 valence electrons. The average Bonchev–Trinajstić information content (AvgIpc) is 3.38. The molecule has 29 heavy (non-hydrogen) atoms. The molecular weight excluding hydrogens is 380 g/mol. The maximum Gasteiger partial charge on any atom is 0.256 e. The largest absolute Gasteiger partial charge is 0.321 e. The summed E-state index contributed by atoms with van der Waals surface area (Å²) in [5.74, 6) is 0.175. The Kier molecular flexibility index (Phi) is 5.20. The van der Waals surface area contributed by atoms with Crippen molar-refractivity contribution in [3.8, 4) is 10.6 Å². The zero-order valence-electron chi connectivity index (χ0n) is 17.1. The van der Waals surface area contributed by atoms with Crippen molar-refractivity contribution in [2.24, 2.45) is 0 Å². The summed E-state index contributed by atoms with van der Waals surface area (Å²) in [4.78, 5) is 19.2. The number of nitrogens with one attached hydrogen (secondary N) is 1. The van der Waals surface area contributed by atoms with Gasteiger partial charge in [0.15, 0.2) is 5.65 Å². The number of thiophene rings is 1. The Bertz CT molecular complexity index is 1180. The van der Waals surface area contributed by atoms with Gasteiger partial charge in [0.25, 0.3) is 5.91 Å². The van der Waals surface area contributed by atoms with E-state index in [0.717, 1.165) is 38.4 Å². The highest BCUT2D eigenvalue weighted by Gasteiger charge is 2.19. The van der Waals surface area contributed by atoms with Gasteiger partial charge in [-0.05, 0) is 48.4 Å². The number of carbonyl (C=O) groups excluding carboxylic acids is 1. The van der Waals surface area contributed by atoms with E-state index in [-0.39, 0.29) is 5.91 Å². The number of benzene rings is 1. The Morgan fingerprint density at radius 1 is 1.24 bits per heavy atom. The maximum absolute atomic E-state index is 13.4. The molecule has 3 aromatic heterocycles. The first-order chi connectivity index (χ1) is 14.0. The first kappa shape index (κ1) is 19.3. The number of hydrogen-bond acceptors (Lipinski definition) is 4. The lowest BCUT2D eigenvalue weighted by atomic mass is 9.98. The third-order valence-electron chi connectivity index (χ3n) is 5.09. The first-order valence-electron chi connectivity index (χ1n) is 9.81. The summed E-state index contributed by atoms with van der Waals surface area (Å²) in [7, 11) is 0. The smallest absolute Gasteiger partial charge is 0.256 e. The van der Waals surface area contributed by atoms with Gasteiger partial charge in [-0.1, -0.05) is 38.1 Å². The maximum atomic E-state index is 13.4. The quantitative estimate of drug-likeness (QED) is 0.453. The van der Waals surface area contributed by atoms with Gasteiger partial charge in [0, 0.05) is 12.2 Å². The lowest BCUT2D eigenvalue weighted by Crippen LogP contribution is -2.15. The number of hydrogen-bond donors (Lipinski definition) is 1. The first-order valence-corrected chi connectivity index (χ1v) is 10.7. The van der Waals surface area contributed by atoms with Crippen molar-refractivity contribution in [1.82, 2.24) is 14.8 Å². The lowest BCUT2D eigenvalue weighted by molar-refractivity contribution is 0.102. The fourth-order valence-corrected chi connectivity index (χ4v) is 4.23. The van der Waals surface area contributed by atoms with E-state index in [4.69, 9.17) is 4.98 Å². The molecule has 4 rings (SSSR count). The van der Waals surface area contributed by atoms with Crippen LogP contribution in [-0.4, -0.2) is 20.7 Å². The molecule has 1 aromatic carbocycles. The Morgan fingerprint density at radius 3 is 2.76 bits per heavy atom. The molecule has 0 spiro atoms. The third kappa shape index (κ3) is 3.56. The van der Waals surface area contributed by atoms with Crippen molar-refractivity contribution in [3.63, 3.8) is 0 Å². The molecule has 0 atom stereocenters. The fraction of sp³-hybridized carbons (Fsp3) is 0.261. The van der Waals surface area contributed by atoms with Crippen LogP contribution in [-0.2, 0) is 6.54 Å². The van der Waals surface area contributed by atoms with E-state index in [0.29, 0.717) is 18.0 Å². The molecule has 5 nitrogen and oxygen atoms in total. The highest BCUT2D eigenvalue weighted by atomic mass is 32.1. The Labute approximate surface area is 174 Å².